The number of ether oxygens (including phenoxy) is 2. The molecule has 3 aromatic rings. The topological polar surface area (TPSA) is 73.0 Å². The minimum Gasteiger partial charge on any atom is -0.484 e. The summed E-state index contributed by atoms with van der Waals surface area (Å²) in [6.07, 6.45) is 6.49. The lowest BCUT2D eigenvalue weighted by Gasteiger charge is -2.26. The lowest BCUT2D eigenvalue weighted by atomic mass is 9.88. The Hall–Kier alpha value is -2.69. The van der Waals surface area contributed by atoms with Crippen LogP contribution in [0.15, 0.2) is 36.7 Å². The minimum atomic E-state index is -1.11. The Labute approximate surface area is 178 Å². The maximum Gasteiger partial charge on any atom is 0.140 e. The summed E-state index contributed by atoms with van der Waals surface area (Å²) in [7, 11) is -1.11. The molecule has 0 spiro atoms. The van der Waals surface area contributed by atoms with Gasteiger partial charge in [-0.05, 0) is 48.6 Å². The molecule has 1 aliphatic carbocycles. The van der Waals surface area contributed by atoms with Crippen molar-refractivity contribution in [2.24, 2.45) is 0 Å². The van der Waals surface area contributed by atoms with Gasteiger partial charge in [0.25, 0.3) is 0 Å². The van der Waals surface area contributed by atoms with Crippen LogP contribution in [-0.4, -0.2) is 29.4 Å². The van der Waals surface area contributed by atoms with Gasteiger partial charge in [-0.15, -0.1) is 0 Å². The second-order valence-electron chi connectivity index (χ2n) is 9.09. The number of nitriles is 1. The summed E-state index contributed by atoms with van der Waals surface area (Å²) in [5, 5.41) is 13.6. The number of hydrogen-bond acceptors (Lipinski definition) is 5. The van der Waals surface area contributed by atoms with E-state index in [0.29, 0.717) is 12.3 Å². The first-order valence-corrected chi connectivity index (χ1v) is 14.2. The van der Waals surface area contributed by atoms with Gasteiger partial charge in [-0.1, -0.05) is 25.7 Å². The highest BCUT2D eigenvalue weighted by molar-refractivity contribution is 6.76. The van der Waals surface area contributed by atoms with Gasteiger partial charge < -0.3 is 9.47 Å². The standard InChI is InChI=1S/C23H28N4O2Si/c1-30(2,3)10-9-28-16-27-22-12-19(14-25-21(22)15-26-27)29-23-6-4-5-18-11-17(13-24)7-8-20(18)23/h7-8,11-12,14-15,23H,4-6,9-10,16H2,1-3H3. The van der Waals surface area contributed by atoms with E-state index in [-0.39, 0.29) is 6.10 Å². The molecule has 4 rings (SSSR count). The summed E-state index contributed by atoms with van der Waals surface area (Å²) in [5.41, 5.74) is 4.83. The molecule has 0 radical (unpaired) electrons. The molecule has 1 aromatic carbocycles. The van der Waals surface area contributed by atoms with Crippen LogP contribution in [-0.2, 0) is 17.9 Å². The van der Waals surface area contributed by atoms with Crippen LogP contribution in [0.3, 0.4) is 0 Å². The third kappa shape index (κ3) is 4.72. The number of aromatic nitrogens is 3. The number of aryl methyl sites for hydroxylation is 1. The molecular formula is C23H28N4O2Si. The zero-order valence-electron chi connectivity index (χ0n) is 17.9. The number of rotatable bonds is 7. The zero-order chi connectivity index (χ0) is 21.1. The van der Waals surface area contributed by atoms with Crippen LogP contribution >= 0.6 is 0 Å². The van der Waals surface area contributed by atoms with Crippen LogP contribution in [0.25, 0.3) is 11.0 Å². The number of hydrogen-bond donors (Lipinski definition) is 0. The fraction of sp³-hybridized carbons (Fsp3) is 0.435. The Morgan fingerprint density at radius 3 is 2.90 bits per heavy atom. The van der Waals surface area contributed by atoms with Gasteiger partial charge in [0.2, 0.25) is 0 Å². The van der Waals surface area contributed by atoms with Gasteiger partial charge in [0, 0.05) is 20.7 Å². The van der Waals surface area contributed by atoms with Crippen molar-refractivity contribution in [2.45, 2.75) is 57.8 Å². The molecule has 2 aromatic heterocycles. The lowest BCUT2D eigenvalue weighted by molar-refractivity contribution is 0.0816. The summed E-state index contributed by atoms with van der Waals surface area (Å²) in [5.74, 6) is 0.730. The smallest absolute Gasteiger partial charge is 0.140 e. The van der Waals surface area contributed by atoms with E-state index in [1.807, 2.05) is 28.9 Å². The van der Waals surface area contributed by atoms with Crippen molar-refractivity contribution in [3.8, 4) is 11.8 Å². The van der Waals surface area contributed by atoms with Crippen LogP contribution in [0.4, 0.5) is 0 Å². The Kier molecular flexibility index (Phi) is 5.89. The van der Waals surface area contributed by atoms with Gasteiger partial charge in [0.05, 0.1) is 29.5 Å². The number of nitrogens with zero attached hydrogens (tertiary/aromatic N) is 4. The Balaban J connectivity index is 1.49. The summed E-state index contributed by atoms with van der Waals surface area (Å²) in [6.45, 7) is 8.21. The number of pyridine rings is 1. The van der Waals surface area contributed by atoms with E-state index in [9.17, 15) is 0 Å². The third-order valence-corrected chi connectivity index (χ3v) is 7.19. The van der Waals surface area contributed by atoms with Gasteiger partial charge in [0.15, 0.2) is 0 Å². The molecule has 0 aliphatic heterocycles. The normalized spacial score (nSPS) is 16.3. The molecule has 0 saturated carbocycles. The van der Waals surface area contributed by atoms with Crippen LogP contribution in [0, 0.1) is 11.3 Å². The van der Waals surface area contributed by atoms with Gasteiger partial charge in [-0.3, -0.25) is 0 Å². The average molecular weight is 421 g/mol. The van der Waals surface area contributed by atoms with Crippen molar-refractivity contribution >= 4 is 19.1 Å². The van der Waals surface area contributed by atoms with Crippen molar-refractivity contribution in [2.75, 3.05) is 6.61 Å². The van der Waals surface area contributed by atoms with E-state index in [0.717, 1.165) is 48.7 Å². The van der Waals surface area contributed by atoms with E-state index < -0.39 is 8.07 Å². The van der Waals surface area contributed by atoms with Gasteiger partial charge in [-0.2, -0.15) is 10.4 Å². The Morgan fingerprint density at radius 2 is 2.10 bits per heavy atom. The summed E-state index contributed by atoms with van der Waals surface area (Å²) >= 11 is 0. The zero-order valence-corrected chi connectivity index (χ0v) is 18.9. The largest absolute Gasteiger partial charge is 0.484 e. The molecular weight excluding hydrogens is 392 g/mol. The highest BCUT2D eigenvalue weighted by atomic mass is 28.3. The highest BCUT2D eigenvalue weighted by Gasteiger charge is 2.22. The predicted octanol–water partition coefficient (Wildman–Crippen LogP) is 5.07. The lowest BCUT2D eigenvalue weighted by Crippen LogP contribution is -2.22. The van der Waals surface area contributed by atoms with E-state index in [2.05, 4.69) is 35.8 Å². The van der Waals surface area contributed by atoms with Crippen molar-refractivity contribution < 1.29 is 9.47 Å². The molecule has 1 atom stereocenters. The third-order valence-electron chi connectivity index (χ3n) is 5.49. The van der Waals surface area contributed by atoms with Crippen molar-refractivity contribution in [1.29, 1.82) is 5.26 Å². The first kappa shape index (κ1) is 20.6. The van der Waals surface area contributed by atoms with E-state index in [4.69, 9.17) is 14.7 Å². The first-order valence-electron chi connectivity index (χ1n) is 10.5. The van der Waals surface area contributed by atoms with E-state index >= 15 is 0 Å². The van der Waals surface area contributed by atoms with Crippen molar-refractivity contribution in [3.05, 3.63) is 53.3 Å². The second kappa shape index (κ2) is 8.58. The van der Waals surface area contributed by atoms with Crippen LogP contribution in [0.2, 0.25) is 25.7 Å². The fourth-order valence-corrected chi connectivity index (χ4v) is 4.52. The SMILES string of the molecule is C[Si](C)(C)CCOCn1ncc2ncc(OC3CCCc4cc(C#N)ccc43)cc21. The van der Waals surface area contributed by atoms with Crippen LogP contribution in [0.1, 0.15) is 35.6 Å². The Morgan fingerprint density at radius 1 is 1.23 bits per heavy atom. The second-order valence-corrected chi connectivity index (χ2v) is 14.7. The molecule has 7 heteroatoms. The van der Waals surface area contributed by atoms with Gasteiger partial charge in [-0.25, -0.2) is 9.67 Å². The maximum absolute atomic E-state index is 9.16. The maximum atomic E-state index is 9.16. The molecule has 0 fully saturated rings. The molecule has 156 valence electrons. The van der Waals surface area contributed by atoms with Crippen LogP contribution in [0.5, 0.6) is 5.75 Å². The molecule has 1 unspecified atom stereocenters. The van der Waals surface area contributed by atoms with Gasteiger partial charge >= 0.3 is 0 Å². The Bertz CT molecular complexity index is 1080. The molecule has 0 saturated heterocycles. The number of benzene rings is 1. The van der Waals surface area contributed by atoms with Crippen molar-refractivity contribution in [1.82, 2.24) is 14.8 Å². The summed E-state index contributed by atoms with van der Waals surface area (Å²) in [4.78, 5) is 4.52. The predicted molar refractivity (Wildman–Crippen MR) is 119 cm³/mol. The molecule has 6 nitrogen and oxygen atoms in total. The summed E-state index contributed by atoms with van der Waals surface area (Å²) < 4.78 is 14.0. The molecule has 1 aliphatic rings. The van der Waals surface area contributed by atoms with E-state index in [1.165, 1.54) is 11.1 Å². The molecule has 30 heavy (non-hydrogen) atoms. The van der Waals surface area contributed by atoms with Gasteiger partial charge in [0.1, 0.15) is 24.1 Å². The van der Waals surface area contributed by atoms with Crippen LogP contribution < -0.4 is 4.74 Å². The summed E-state index contributed by atoms with van der Waals surface area (Å²) in [6, 6.07) is 11.2. The molecule has 2 heterocycles. The minimum absolute atomic E-state index is 0.0230. The van der Waals surface area contributed by atoms with E-state index in [1.54, 1.807) is 12.4 Å². The number of fused-ring (bicyclic) bond motifs is 2. The van der Waals surface area contributed by atoms with Crippen molar-refractivity contribution in [3.63, 3.8) is 0 Å². The molecule has 0 bridgehead atoms. The fourth-order valence-electron chi connectivity index (χ4n) is 3.76. The quantitative estimate of drug-likeness (QED) is 0.394. The first-order chi connectivity index (χ1) is 14.4. The highest BCUT2D eigenvalue weighted by Crippen LogP contribution is 2.34. The monoisotopic (exact) mass is 420 g/mol. The average Bonchev–Trinajstić information content (AvgIpc) is 3.12. The molecule has 0 N–H and O–H groups in total. The molecule has 0 amide bonds.